The van der Waals surface area contributed by atoms with Crippen molar-refractivity contribution in [3.05, 3.63) is 89.7 Å². The molecule has 11 heteroatoms. The molecule has 2 aliphatic heterocycles. The van der Waals surface area contributed by atoms with E-state index >= 15 is 0 Å². The molecule has 3 unspecified atom stereocenters. The number of benzene rings is 3. The monoisotopic (exact) mass is 683 g/mol. The first-order valence-corrected chi connectivity index (χ1v) is 18.2. The number of carbonyl (C=O) groups is 1. The third kappa shape index (κ3) is 6.84. The summed E-state index contributed by atoms with van der Waals surface area (Å²) in [7, 11) is -3.90. The molecule has 230 valence electrons. The second kappa shape index (κ2) is 14.0. The number of ether oxygens (including phenoxy) is 1. The van der Waals surface area contributed by atoms with Gasteiger partial charge in [-0.15, -0.1) is 0 Å². The van der Waals surface area contributed by atoms with Gasteiger partial charge in [-0.05, 0) is 60.9 Å². The van der Waals surface area contributed by atoms with Crippen LogP contribution >= 0.6 is 0 Å². The van der Waals surface area contributed by atoms with E-state index in [0.29, 0.717) is 17.8 Å². The summed E-state index contributed by atoms with van der Waals surface area (Å²) in [6.07, 6.45) is 2.07. The second-order valence-corrected chi connectivity index (χ2v) is 14.7. The van der Waals surface area contributed by atoms with E-state index in [1.165, 1.54) is 28.6 Å². The van der Waals surface area contributed by atoms with Crippen molar-refractivity contribution in [2.45, 2.75) is 61.8 Å². The Morgan fingerprint density at radius 2 is 1.68 bits per heavy atom. The molecule has 1 saturated heterocycles. The van der Waals surface area contributed by atoms with E-state index in [1.54, 1.807) is 43.3 Å². The predicted octanol–water partition coefficient (Wildman–Crippen LogP) is 5.94. The van der Waals surface area contributed by atoms with E-state index in [0.717, 1.165) is 46.9 Å². The molecule has 2 aliphatic rings. The van der Waals surface area contributed by atoms with Gasteiger partial charge in [-0.2, -0.15) is 0 Å². The summed E-state index contributed by atoms with van der Waals surface area (Å²) in [5.41, 5.74) is 4.28. The van der Waals surface area contributed by atoms with Gasteiger partial charge >= 0.3 is 113 Å². The number of anilines is 2. The van der Waals surface area contributed by atoms with Crippen LogP contribution in [0, 0.1) is 16.0 Å². The predicted molar refractivity (Wildman–Crippen MR) is 170 cm³/mol. The average Bonchev–Trinajstić information content (AvgIpc) is 3.61. The fourth-order valence-corrected chi connectivity index (χ4v) is 8.88. The standard InChI is InChI=1S/C33H34FN3O5SSe/c1-2-37(26-15-11-24(34)12-16-26)43(40,41)29-20-28-31(22-9-17-27(38)18-10-22)32(33(29)42-28)23-7-13-25(14-8-23)36-30(39)6-4-3-5-19-44-21-35/h7-18,28-29,33,38H,2-6,19-20H2,1H3,(H,36,39). The zero-order valence-corrected chi connectivity index (χ0v) is 26.8. The summed E-state index contributed by atoms with van der Waals surface area (Å²) in [6, 6.07) is 19.5. The molecule has 3 atom stereocenters. The van der Waals surface area contributed by atoms with Crippen LogP contribution in [-0.2, 0) is 19.6 Å². The molecule has 2 heterocycles. The molecule has 3 aromatic carbocycles. The summed E-state index contributed by atoms with van der Waals surface area (Å²) in [5, 5.41) is 21.5. The van der Waals surface area contributed by atoms with Crippen LogP contribution in [0.1, 0.15) is 50.2 Å². The number of hydrogen-bond donors (Lipinski definition) is 2. The van der Waals surface area contributed by atoms with Gasteiger partial charge in [0.15, 0.2) is 0 Å². The molecule has 2 bridgehead atoms. The first-order valence-electron chi connectivity index (χ1n) is 14.6. The smallest absolute Gasteiger partial charge is 0.115 e. The maximum absolute atomic E-state index is 14.1. The number of hydrogen-bond acceptors (Lipinski definition) is 6. The Labute approximate surface area is 263 Å². The maximum Gasteiger partial charge on any atom is 0.115 e. The SMILES string of the molecule is CCN(c1ccc(F)cc1)S(=O)(=O)C1CC2OC1C(c1ccc(NC(=O)CCCCC[Se]C#N)cc1)=C2c1ccc(O)cc1. The Bertz CT molecular complexity index is 1660. The minimum Gasteiger partial charge on any atom is -0.508 e. The van der Waals surface area contributed by atoms with Crippen molar-refractivity contribution in [3.8, 4) is 10.7 Å². The van der Waals surface area contributed by atoms with Gasteiger partial charge in [-0.3, -0.25) is 4.31 Å². The van der Waals surface area contributed by atoms with Gasteiger partial charge in [0.05, 0.1) is 11.8 Å². The number of phenols is 1. The van der Waals surface area contributed by atoms with Gasteiger partial charge in [0.25, 0.3) is 0 Å². The van der Waals surface area contributed by atoms with Gasteiger partial charge in [-0.1, -0.05) is 12.1 Å². The van der Waals surface area contributed by atoms with E-state index in [-0.39, 0.29) is 39.6 Å². The van der Waals surface area contributed by atoms with Crippen molar-refractivity contribution in [1.29, 1.82) is 5.26 Å². The number of fused-ring (bicyclic) bond motifs is 2. The molecule has 2 N–H and O–H groups in total. The van der Waals surface area contributed by atoms with Gasteiger partial charge in [0.1, 0.15) is 22.9 Å². The Morgan fingerprint density at radius 3 is 2.34 bits per heavy atom. The molecular formula is C33H34FN3O5SSe. The van der Waals surface area contributed by atoms with Crippen LogP contribution in [0.15, 0.2) is 72.8 Å². The van der Waals surface area contributed by atoms with Crippen molar-refractivity contribution >= 4 is 53.4 Å². The average molecular weight is 683 g/mol. The van der Waals surface area contributed by atoms with E-state index < -0.39 is 33.3 Å². The number of aromatic hydroxyl groups is 1. The molecule has 1 amide bonds. The largest absolute Gasteiger partial charge is 0.508 e. The van der Waals surface area contributed by atoms with Crippen LogP contribution in [0.5, 0.6) is 5.75 Å². The Hall–Kier alpha value is -3.68. The summed E-state index contributed by atoms with van der Waals surface area (Å²) < 4.78 is 49.4. The summed E-state index contributed by atoms with van der Waals surface area (Å²) in [5.74, 6) is -0.398. The topological polar surface area (TPSA) is 120 Å². The van der Waals surface area contributed by atoms with E-state index in [9.17, 15) is 22.7 Å². The third-order valence-electron chi connectivity index (χ3n) is 7.96. The molecule has 0 aliphatic carbocycles. The first-order chi connectivity index (χ1) is 21.2. The summed E-state index contributed by atoms with van der Waals surface area (Å²) in [4.78, 5) is 14.7. The van der Waals surface area contributed by atoms with Crippen LogP contribution in [0.3, 0.4) is 0 Å². The summed E-state index contributed by atoms with van der Waals surface area (Å²) in [6.45, 7) is 1.93. The minimum absolute atomic E-state index is 0.0215. The zero-order valence-electron chi connectivity index (χ0n) is 24.3. The van der Waals surface area contributed by atoms with Gasteiger partial charge in [0, 0.05) is 6.54 Å². The molecular weight excluding hydrogens is 648 g/mol. The van der Waals surface area contributed by atoms with Crippen molar-refractivity contribution in [2.75, 3.05) is 16.2 Å². The van der Waals surface area contributed by atoms with Crippen LogP contribution in [0.25, 0.3) is 11.1 Å². The number of nitrogens with one attached hydrogen (secondary N) is 1. The van der Waals surface area contributed by atoms with Crippen LogP contribution < -0.4 is 9.62 Å². The van der Waals surface area contributed by atoms with Gasteiger partial charge in [0.2, 0.25) is 10.0 Å². The van der Waals surface area contributed by atoms with Crippen LogP contribution in [0.4, 0.5) is 15.8 Å². The van der Waals surface area contributed by atoms with Gasteiger partial charge in [-0.25, -0.2) is 12.8 Å². The van der Waals surface area contributed by atoms with E-state index in [4.69, 9.17) is 10.00 Å². The second-order valence-electron chi connectivity index (χ2n) is 10.8. The Kier molecular flexibility index (Phi) is 10.1. The van der Waals surface area contributed by atoms with Crippen molar-refractivity contribution < 1.29 is 27.4 Å². The number of nitrogens with zero attached hydrogens (tertiary/aromatic N) is 2. The number of sulfonamides is 1. The Balaban J connectivity index is 1.40. The first kappa shape index (κ1) is 31.7. The number of halogens is 1. The van der Waals surface area contributed by atoms with Crippen molar-refractivity contribution in [2.24, 2.45) is 0 Å². The number of phenolic OH excluding ortho intramolecular Hbond substituents is 1. The number of amides is 1. The third-order valence-corrected chi connectivity index (χ3v) is 11.5. The fraction of sp³-hybridized carbons (Fsp3) is 0.333. The molecule has 1 fully saturated rings. The fourth-order valence-electron chi connectivity index (χ4n) is 5.92. The molecule has 0 spiro atoms. The molecule has 8 nitrogen and oxygen atoms in total. The van der Waals surface area contributed by atoms with E-state index in [2.05, 4.69) is 10.3 Å². The zero-order chi connectivity index (χ0) is 31.3. The molecule has 0 saturated carbocycles. The van der Waals surface area contributed by atoms with Crippen LogP contribution in [0.2, 0.25) is 5.32 Å². The Morgan fingerprint density at radius 1 is 1.02 bits per heavy atom. The van der Waals surface area contributed by atoms with Crippen molar-refractivity contribution in [1.82, 2.24) is 0 Å². The summed E-state index contributed by atoms with van der Waals surface area (Å²) >= 11 is 0.0215. The van der Waals surface area contributed by atoms with Gasteiger partial charge < -0.3 is 9.84 Å². The van der Waals surface area contributed by atoms with Crippen molar-refractivity contribution in [3.63, 3.8) is 0 Å². The number of carbonyl (C=O) groups excluding carboxylic acids is 1. The molecule has 0 aromatic heterocycles. The molecule has 44 heavy (non-hydrogen) atoms. The number of rotatable bonds is 13. The minimum atomic E-state index is -3.90. The van der Waals surface area contributed by atoms with Crippen LogP contribution in [-0.4, -0.2) is 58.4 Å². The normalized spacial score (nSPS) is 19.2. The maximum atomic E-state index is 14.1. The molecule has 5 rings (SSSR count). The molecule has 0 radical (unpaired) electrons. The van der Waals surface area contributed by atoms with E-state index in [1.807, 2.05) is 12.1 Å². The number of nitriles is 1. The molecule has 3 aromatic rings. The number of unbranched alkanes of at least 4 members (excludes halogenated alkanes) is 2. The quantitative estimate of drug-likeness (QED) is 0.170.